The molecule has 2 amide bonds. The van der Waals surface area contributed by atoms with E-state index in [9.17, 15) is 18.8 Å². The third-order valence-corrected chi connectivity index (χ3v) is 3.85. The first-order chi connectivity index (χ1) is 13.9. The summed E-state index contributed by atoms with van der Waals surface area (Å²) in [6.07, 6.45) is 0. The molecule has 3 rings (SSSR count). The zero-order chi connectivity index (χ0) is 20.8. The van der Waals surface area contributed by atoms with Crippen molar-refractivity contribution in [2.24, 2.45) is 0 Å². The minimum absolute atomic E-state index is 0.0426. The molecule has 0 saturated heterocycles. The fourth-order valence-electron chi connectivity index (χ4n) is 2.46. The van der Waals surface area contributed by atoms with Crippen LogP contribution in [0.15, 0.2) is 65.5 Å². The highest BCUT2D eigenvalue weighted by Gasteiger charge is 2.12. The predicted octanol–water partition coefficient (Wildman–Crippen LogP) is 2.28. The number of rotatable bonds is 6. The molecule has 2 N–H and O–H groups in total. The molecule has 9 heteroatoms. The van der Waals surface area contributed by atoms with Crippen molar-refractivity contribution in [2.75, 3.05) is 17.7 Å². The standard InChI is InChI=1S/C20H17FN4O4/c1-29-16-7-5-14(6-8-16)23-20(28)17-9-10-19(27)25(24-17)12-18(26)22-15-4-2-3-13(21)11-15/h2-11H,12H2,1H3,(H,22,26)(H,23,28). The van der Waals surface area contributed by atoms with Gasteiger partial charge in [-0.25, -0.2) is 9.07 Å². The molecular weight excluding hydrogens is 379 g/mol. The van der Waals surface area contributed by atoms with Crippen LogP contribution in [0, 0.1) is 5.82 Å². The Hall–Kier alpha value is -4.01. The molecule has 0 atom stereocenters. The number of aromatic nitrogens is 2. The average Bonchev–Trinajstić information content (AvgIpc) is 2.70. The van der Waals surface area contributed by atoms with Crippen LogP contribution in [0.2, 0.25) is 0 Å². The summed E-state index contributed by atoms with van der Waals surface area (Å²) in [6, 6.07) is 14.4. The number of amides is 2. The Morgan fingerprint density at radius 2 is 1.79 bits per heavy atom. The molecule has 148 valence electrons. The summed E-state index contributed by atoms with van der Waals surface area (Å²) in [5, 5.41) is 9.04. The van der Waals surface area contributed by atoms with Gasteiger partial charge in [0.1, 0.15) is 23.8 Å². The fraction of sp³-hybridized carbons (Fsp3) is 0.100. The summed E-state index contributed by atoms with van der Waals surface area (Å²) in [5.74, 6) is -0.998. The molecule has 0 unspecified atom stereocenters. The van der Waals surface area contributed by atoms with Gasteiger partial charge in [-0.1, -0.05) is 6.07 Å². The van der Waals surface area contributed by atoms with E-state index in [0.717, 1.165) is 16.8 Å². The lowest BCUT2D eigenvalue weighted by Gasteiger charge is -2.09. The lowest BCUT2D eigenvalue weighted by atomic mass is 10.3. The van der Waals surface area contributed by atoms with E-state index in [1.807, 2.05) is 0 Å². The molecule has 0 bridgehead atoms. The second kappa shape index (κ2) is 8.79. The predicted molar refractivity (Wildman–Crippen MR) is 104 cm³/mol. The van der Waals surface area contributed by atoms with Gasteiger partial charge < -0.3 is 15.4 Å². The van der Waals surface area contributed by atoms with Crippen LogP contribution in [0.3, 0.4) is 0 Å². The molecular formula is C20H17FN4O4. The topological polar surface area (TPSA) is 102 Å². The van der Waals surface area contributed by atoms with Crippen molar-refractivity contribution in [1.82, 2.24) is 9.78 Å². The molecule has 1 aromatic heterocycles. The van der Waals surface area contributed by atoms with Crippen LogP contribution in [0.4, 0.5) is 15.8 Å². The van der Waals surface area contributed by atoms with Crippen LogP contribution in [-0.4, -0.2) is 28.7 Å². The van der Waals surface area contributed by atoms with Crippen molar-refractivity contribution in [3.05, 3.63) is 82.5 Å². The van der Waals surface area contributed by atoms with Gasteiger partial charge in [-0.2, -0.15) is 5.10 Å². The Kier molecular flexibility index (Phi) is 5.98. The molecule has 1 heterocycles. The number of nitrogens with one attached hydrogen (secondary N) is 2. The number of hydrogen-bond donors (Lipinski definition) is 2. The Balaban J connectivity index is 1.70. The summed E-state index contributed by atoms with van der Waals surface area (Å²) in [7, 11) is 1.53. The van der Waals surface area contributed by atoms with Gasteiger partial charge in [0.05, 0.1) is 7.11 Å². The molecule has 2 aromatic carbocycles. The van der Waals surface area contributed by atoms with E-state index in [-0.39, 0.29) is 11.4 Å². The van der Waals surface area contributed by atoms with E-state index in [1.165, 1.54) is 31.4 Å². The quantitative estimate of drug-likeness (QED) is 0.666. The molecule has 29 heavy (non-hydrogen) atoms. The summed E-state index contributed by atoms with van der Waals surface area (Å²) in [6.45, 7) is -0.432. The SMILES string of the molecule is COc1ccc(NC(=O)c2ccc(=O)n(CC(=O)Nc3cccc(F)c3)n2)cc1. The first-order valence-corrected chi connectivity index (χ1v) is 8.53. The average molecular weight is 396 g/mol. The van der Waals surface area contributed by atoms with Crippen LogP contribution in [-0.2, 0) is 11.3 Å². The highest BCUT2D eigenvalue weighted by atomic mass is 19.1. The van der Waals surface area contributed by atoms with E-state index in [1.54, 1.807) is 24.3 Å². The highest BCUT2D eigenvalue weighted by molar-refractivity contribution is 6.02. The molecule has 0 aliphatic rings. The fourth-order valence-corrected chi connectivity index (χ4v) is 2.46. The van der Waals surface area contributed by atoms with Gasteiger partial charge in [-0.15, -0.1) is 0 Å². The van der Waals surface area contributed by atoms with Crippen LogP contribution >= 0.6 is 0 Å². The van der Waals surface area contributed by atoms with E-state index in [2.05, 4.69) is 15.7 Å². The number of ether oxygens (including phenoxy) is 1. The highest BCUT2D eigenvalue weighted by Crippen LogP contribution is 2.15. The summed E-state index contributed by atoms with van der Waals surface area (Å²) >= 11 is 0. The molecule has 8 nitrogen and oxygen atoms in total. The number of anilines is 2. The smallest absolute Gasteiger partial charge is 0.276 e. The van der Waals surface area contributed by atoms with Gasteiger partial charge in [0.2, 0.25) is 5.91 Å². The maximum atomic E-state index is 13.2. The number of carbonyl (C=O) groups excluding carboxylic acids is 2. The molecule has 0 spiro atoms. The van der Waals surface area contributed by atoms with Crippen LogP contribution < -0.4 is 20.9 Å². The maximum absolute atomic E-state index is 13.2. The van der Waals surface area contributed by atoms with Gasteiger partial charge >= 0.3 is 0 Å². The summed E-state index contributed by atoms with van der Waals surface area (Å²) in [5.41, 5.74) is 0.162. The number of nitrogens with zero attached hydrogens (tertiary/aromatic N) is 2. The largest absolute Gasteiger partial charge is 0.497 e. The molecule has 3 aromatic rings. The number of methoxy groups -OCH3 is 1. The lowest BCUT2D eigenvalue weighted by Crippen LogP contribution is -2.31. The minimum Gasteiger partial charge on any atom is -0.497 e. The van der Waals surface area contributed by atoms with E-state index < -0.39 is 29.7 Å². The second-order valence-corrected chi connectivity index (χ2v) is 5.96. The number of halogens is 1. The third kappa shape index (κ3) is 5.25. The monoisotopic (exact) mass is 396 g/mol. The normalized spacial score (nSPS) is 10.3. The number of carbonyl (C=O) groups is 2. The van der Waals surface area contributed by atoms with Crippen molar-refractivity contribution in [2.45, 2.75) is 6.54 Å². The van der Waals surface area contributed by atoms with Crippen molar-refractivity contribution < 1.29 is 18.7 Å². The zero-order valence-corrected chi connectivity index (χ0v) is 15.4. The maximum Gasteiger partial charge on any atom is 0.276 e. The second-order valence-electron chi connectivity index (χ2n) is 5.96. The van der Waals surface area contributed by atoms with Crippen molar-refractivity contribution in [3.8, 4) is 5.75 Å². The minimum atomic E-state index is -0.585. The Morgan fingerprint density at radius 3 is 2.48 bits per heavy atom. The van der Waals surface area contributed by atoms with Gasteiger partial charge in [0.15, 0.2) is 0 Å². The van der Waals surface area contributed by atoms with Crippen LogP contribution in [0.25, 0.3) is 0 Å². The van der Waals surface area contributed by atoms with Gasteiger partial charge in [0.25, 0.3) is 11.5 Å². The zero-order valence-electron chi connectivity index (χ0n) is 15.4. The number of hydrogen-bond acceptors (Lipinski definition) is 5. The summed E-state index contributed by atoms with van der Waals surface area (Å²) < 4.78 is 19.1. The Morgan fingerprint density at radius 1 is 1.03 bits per heavy atom. The van der Waals surface area contributed by atoms with E-state index >= 15 is 0 Å². The molecule has 0 saturated carbocycles. The van der Waals surface area contributed by atoms with Crippen molar-refractivity contribution in [1.29, 1.82) is 0 Å². The number of benzene rings is 2. The third-order valence-electron chi connectivity index (χ3n) is 3.85. The van der Waals surface area contributed by atoms with E-state index in [0.29, 0.717) is 11.4 Å². The molecule has 0 fully saturated rings. The molecule has 0 aliphatic carbocycles. The van der Waals surface area contributed by atoms with E-state index in [4.69, 9.17) is 4.74 Å². The van der Waals surface area contributed by atoms with Crippen LogP contribution in [0.1, 0.15) is 10.5 Å². The lowest BCUT2D eigenvalue weighted by molar-refractivity contribution is -0.117. The first kappa shape index (κ1) is 19.7. The van der Waals surface area contributed by atoms with Crippen molar-refractivity contribution >= 4 is 23.2 Å². The van der Waals surface area contributed by atoms with Crippen molar-refractivity contribution in [3.63, 3.8) is 0 Å². The van der Waals surface area contributed by atoms with Gasteiger partial charge in [-0.3, -0.25) is 14.4 Å². The Labute approximate surface area is 164 Å². The van der Waals surface area contributed by atoms with Crippen LogP contribution in [0.5, 0.6) is 5.75 Å². The molecule has 0 radical (unpaired) electrons. The Bertz CT molecular complexity index is 1100. The van der Waals surface area contributed by atoms with Gasteiger partial charge in [-0.05, 0) is 48.5 Å². The summed E-state index contributed by atoms with van der Waals surface area (Å²) in [4.78, 5) is 36.5. The molecule has 0 aliphatic heterocycles. The van der Waals surface area contributed by atoms with Gasteiger partial charge in [0, 0.05) is 17.4 Å². The first-order valence-electron chi connectivity index (χ1n) is 8.53.